The zero-order valence-corrected chi connectivity index (χ0v) is 17.9. The van der Waals surface area contributed by atoms with E-state index < -0.39 is 10.0 Å². The molecule has 0 saturated carbocycles. The Morgan fingerprint density at radius 1 is 1.17 bits per heavy atom. The van der Waals surface area contributed by atoms with Crippen molar-refractivity contribution >= 4 is 15.9 Å². The van der Waals surface area contributed by atoms with E-state index in [1.165, 1.54) is 23.5 Å². The molecule has 0 aliphatic carbocycles. The predicted octanol–water partition coefficient (Wildman–Crippen LogP) is 3.60. The van der Waals surface area contributed by atoms with E-state index in [-0.39, 0.29) is 29.9 Å². The van der Waals surface area contributed by atoms with Gasteiger partial charge in [-0.25, -0.2) is 8.42 Å². The first-order valence-electron chi connectivity index (χ1n) is 9.46. The fraction of sp³-hybridized carbons (Fsp3) is 0.318. The lowest BCUT2D eigenvalue weighted by Gasteiger charge is -2.21. The fourth-order valence-electron chi connectivity index (χ4n) is 2.66. The van der Waals surface area contributed by atoms with Crippen LogP contribution in [0.25, 0.3) is 0 Å². The van der Waals surface area contributed by atoms with Crippen molar-refractivity contribution in [2.45, 2.75) is 37.8 Å². The second-order valence-electron chi connectivity index (χ2n) is 6.74. The molecule has 2 aromatic carbocycles. The van der Waals surface area contributed by atoms with Gasteiger partial charge in [-0.15, -0.1) is 6.58 Å². The van der Waals surface area contributed by atoms with Crippen molar-refractivity contribution in [2.24, 2.45) is 0 Å². The Kier molecular flexibility index (Phi) is 7.99. The minimum absolute atomic E-state index is 0.0971. The summed E-state index contributed by atoms with van der Waals surface area (Å²) in [5, 5.41) is 2.91. The molecule has 2 rings (SSSR count). The summed E-state index contributed by atoms with van der Waals surface area (Å²) in [5.41, 5.74) is 1.33. The minimum atomic E-state index is -3.70. The number of rotatable bonds is 10. The maximum Gasteiger partial charge on any atom is 0.251 e. The SMILES string of the molecule is C=CCN(Cc1ccc(C(=O)N[C@H](C)CC)cc1)S(=O)(=O)c1ccc(OC)cc1. The van der Waals surface area contributed by atoms with E-state index in [1.54, 1.807) is 42.5 Å². The van der Waals surface area contributed by atoms with Crippen molar-refractivity contribution in [1.29, 1.82) is 0 Å². The lowest BCUT2D eigenvalue weighted by molar-refractivity contribution is 0.0939. The van der Waals surface area contributed by atoms with Crippen LogP contribution in [-0.4, -0.2) is 38.3 Å². The lowest BCUT2D eigenvalue weighted by atomic mass is 10.1. The van der Waals surface area contributed by atoms with E-state index in [0.717, 1.165) is 12.0 Å². The third-order valence-electron chi connectivity index (χ3n) is 4.59. The number of hydrogen-bond donors (Lipinski definition) is 1. The summed E-state index contributed by atoms with van der Waals surface area (Å²) >= 11 is 0. The van der Waals surface area contributed by atoms with Crippen molar-refractivity contribution in [2.75, 3.05) is 13.7 Å². The lowest BCUT2D eigenvalue weighted by Crippen LogP contribution is -2.32. The molecule has 1 atom stereocenters. The summed E-state index contributed by atoms with van der Waals surface area (Å²) in [6.45, 7) is 7.97. The Balaban J connectivity index is 2.19. The van der Waals surface area contributed by atoms with Crippen molar-refractivity contribution in [1.82, 2.24) is 9.62 Å². The molecule has 0 unspecified atom stereocenters. The zero-order chi connectivity index (χ0) is 21.4. The second kappa shape index (κ2) is 10.2. The third kappa shape index (κ3) is 5.92. The van der Waals surface area contributed by atoms with Crippen molar-refractivity contribution in [3.8, 4) is 5.75 Å². The molecule has 0 bridgehead atoms. The third-order valence-corrected chi connectivity index (χ3v) is 6.42. The first kappa shape index (κ1) is 22.6. The summed E-state index contributed by atoms with van der Waals surface area (Å²) in [6.07, 6.45) is 2.40. The number of amides is 1. The quantitative estimate of drug-likeness (QED) is 0.601. The van der Waals surface area contributed by atoms with Gasteiger partial charge in [-0.2, -0.15) is 4.31 Å². The van der Waals surface area contributed by atoms with E-state index in [9.17, 15) is 13.2 Å². The summed E-state index contributed by atoms with van der Waals surface area (Å²) < 4.78 is 32.5. The van der Waals surface area contributed by atoms with Gasteiger partial charge in [0.2, 0.25) is 10.0 Å². The van der Waals surface area contributed by atoms with Crippen LogP contribution in [-0.2, 0) is 16.6 Å². The number of hydrogen-bond acceptors (Lipinski definition) is 4. The van der Waals surface area contributed by atoms with Gasteiger partial charge in [0.05, 0.1) is 12.0 Å². The highest BCUT2D eigenvalue weighted by Gasteiger charge is 2.24. The molecule has 1 N–H and O–H groups in total. The van der Waals surface area contributed by atoms with Gasteiger partial charge in [-0.3, -0.25) is 4.79 Å². The van der Waals surface area contributed by atoms with E-state index in [4.69, 9.17) is 4.74 Å². The number of nitrogens with zero attached hydrogens (tertiary/aromatic N) is 1. The number of ether oxygens (including phenoxy) is 1. The molecule has 0 aromatic heterocycles. The number of carbonyl (C=O) groups is 1. The molecule has 0 aliphatic rings. The average Bonchev–Trinajstić information content (AvgIpc) is 2.73. The van der Waals surface area contributed by atoms with Crippen LogP contribution in [0, 0.1) is 0 Å². The molecule has 156 valence electrons. The van der Waals surface area contributed by atoms with Crippen molar-refractivity contribution < 1.29 is 17.9 Å². The van der Waals surface area contributed by atoms with E-state index in [2.05, 4.69) is 11.9 Å². The normalized spacial score (nSPS) is 12.4. The summed E-state index contributed by atoms with van der Waals surface area (Å²) in [7, 11) is -2.18. The molecule has 29 heavy (non-hydrogen) atoms. The van der Waals surface area contributed by atoms with E-state index >= 15 is 0 Å². The Bertz CT molecular complexity index is 922. The number of methoxy groups -OCH3 is 1. The van der Waals surface area contributed by atoms with Gasteiger partial charge in [0.1, 0.15) is 5.75 Å². The van der Waals surface area contributed by atoms with E-state index in [0.29, 0.717) is 11.3 Å². The van der Waals surface area contributed by atoms with E-state index in [1.807, 2.05) is 13.8 Å². The molecule has 0 radical (unpaired) electrons. The highest BCUT2D eigenvalue weighted by atomic mass is 32.2. The molecule has 7 heteroatoms. The van der Waals surface area contributed by atoms with Crippen LogP contribution >= 0.6 is 0 Å². The van der Waals surface area contributed by atoms with Gasteiger partial charge < -0.3 is 10.1 Å². The molecule has 0 heterocycles. The van der Waals surface area contributed by atoms with Gasteiger partial charge in [-0.1, -0.05) is 25.1 Å². The number of sulfonamides is 1. The molecule has 0 saturated heterocycles. The van der Waals surface area contributed by atoms with Crippen LogP contribution in [0.3, 0.4) is 0 Å². The van der Waals surface area contributed by atoms with Gasteiger partial charge in [0.25, 0.3) is 5.91 Å². The maximum atomic E-state index is 13.0. The highest BCUT2D eigenvalue weighted by Crippen LogP contribution is 2.21. The zero-order valence-electron chi connectivity index (χ0n) is 17.1. The molecule has 0 fully saturated rings. The molecular weight excluding hydrogens is 388 g/mol. The molecule has 0 aliphatic heterocycles. The molecule has 0 spiro atoms. The molecular formula is C22H28N2O4S. The standard InChI is InChI=1S/C22H28N2O4S/c1-5-15-24(29(26,27)21-13-11-20(28-4)12-14-21)16-18-7-9-19(10-8-18)22(25)23-17(3)6-2/h5,7-14,17H,1,6,15-16H2,2-4H3,(H,23,25)/t17-/m1/s1. The van der Waals surface area contributed by atoms with Crippen LogP contribution in [0.4, 0.5) is 0 Å². The summed E-state index contributed by atoms with van der Waals surface area (Å²) in [5.74, 6) is 0.449. The van der Waals surface area contributed by atoms with Gasteiger partial charge >= 0.3 is 0 Å². The largest absolute Gasteiger partial charge is 0.497 e. The first-order valence-corrected chi connectivity index (χ1v) is 10.9. The van der Waals surface area contributed by atoms with Gasteiger partial charge in [-0.05, 0) is 55.3 Å². The molecule has 1 amide bonds. The average molecular weight is 417 g/mol. The Labute approximate surface area is 173 Å². The van der Waals surface area contributed by atoms with Crippen LogP contribution < -0.4 is 10.1 Å². The van der Waals surface area contributed by atoms with Crippen LogP contribution in [0.2, 0.25) is 0 Å². The summed E-state index contributed by atoms with van der Waals surface area (Å²) in [4.78, 5) is 12.4. The van der Waals surface area contributed by atoms with Crippen molar-refractivity contribution in [3.63, 3.8) is 0 Å². The Hall–Kier alpha value is -2.64. The number of benzene rings is 2. The van der Waals surface area contributed by atoms with Crippen molar-refractivity contribution in [3.05, 3.63) is 72.3 Å². The number of carbonyl (C=O) groups excluding carboxylic acids is 1. The Morgan fingerprint density at radius 3 is 2.31 bits per heavy atom. The van der Waals surface area contributed by atoms with Gasteiger partial charge in [0, 0.05) is 24.7 Å². The van der Waals surface area contributed by atoms with Crippen LogP contribution in [0.5, 0.6) is 5.75 Å². The summed E-state index contributed by atoms with van der Waals surface area (Å²) in [6, 6.07) is 13.3. The highest BCUT2D eigenvalue weighted by molar-refractivity contribution is 7.89. The maximum absolute atomic E-state index is 13.0. The number of nitrogens with one attached hydrogen (secondary N) is 1. The topological polar surface area (TPSA) is 75.7 Å². The predicted molar refractivity (Wildman–Crippen MR) is 114 cm³/mol. The molecule has 2 aromatic rings. The minimum Gasteiger partial charge on any atom is -0.497 e. The van der Waals surface area contributed by atoms with Gasteiger partial charge in [0.15, 0.2) is 0 Å². The Morgan fingerprint density at radius 2 is 1.79 bits per heavy atom. The fourth-order valence-corrected chi connectivity index (χ4v) is 4.06. The second-order valence-corrected chi connectivity index (χ2v) is 8.68. The molecule has 6 nitrogen and oxygen atoms in total. The monoisotopic (exact) mass is 416 g/mol. The first-order chi connectivity index (χ1) is 13.8. The van der Waals surface area contributed by atoms with Crippen LogP contribution in [0.15, 0.2) is 66.1 Å². The smallest absolute Gasteiger partial charge is 0.251 e. The van der Waals surface area contributed by atoms with Crippen LogP contribution in [0.1, 0.15) is 36.2 Å².